The molecule has 0 atom stereocenters. The van der Waals surface area contributed by atoms with Crippen molar-refractivity contribution in [2.45, 2.75) is 6.92 Å². The van der Waals surface area contributed by atoms with Crippen LogP contribution in [0.4, 0.5) is 0 Å². The van der Waals surface area contributed by atoms with Crippen molar-refractivity contribution >= 4 is 39.3 Å². The van der Waals surface area contributed by atoms with Gasteiger partial charge in [-0.25, -0.2) is 0 Å². The zero-order chi connectivity index (χ0) is 21.5. The zero-order valence-corrected chi connectivity index (χ0v) is 17.1. The molecule has 0 aliphatic carbocycles. The smallest absolute Gasteiger partial charge is 0.235 e. The average Bonchev–Trinajstić information content (AvgIpc) is 3.44. The summed E-state index contributed by atoms with van der Waals surface area (Å²) < 4.78 is 22.6. The molecule has 31 heavy (non-hydrogen) atoms. The fourth-order valence-corrected chi connectivity index (χ4v) is 3.49. The lowest BCUT2D eigenvalue weighted by molar-refractivity contribution is 0.0894. The van der Waals surface area contributed by atoms with E-state index in [1.54, 1.807) is 30.3 Å². The fraction of sp³-hybridized carbons (Fsp3) is 0.0833. The van der Waals surface area contributed by atoms with Crippen LogP contribution in [0.1, 0.15) is 16.1 Å². The van der Waals surface area contributed by atoms with E-state index in [-0.39, 0.29) is 22.7 Å². The minimum Gasteiger partial charge on any atom is -0.478 e. The normalized spacial score (nSPS) is 11.3. The Hall–Kier alpha value is -3.77. The van der Waals surface area contributed by atoms with Crippen LogP contribution in [-0.4, -0.2) is 12.4 Å². The first kappa shape index (κ1) is 19.2. The van der Waals surface area contributed by atoms with E-state index < -0.39 is 17.8 Å². The maximum Gasteiger partial charge on any atom is 0.235 e. The second-order valence-corrected chi connectivity index (χ2v) is 7.43. The van der Waals surface area contributed by atoms with Gasteiger partial charge in [0.1, 0.15) is 11.2 Å². The Balaban J connectivity index is 1.55. The SMILES string of the molecule is Cc1cc2oc(-c3ccco3)c(OCC(=O)c3cc4ccccc4o3)c(=O)c2cc1Cl. The van der Waals surface area contributed by atoms with Crippen LogP contribution < -0.4 is 10.2 Å². The summed E-state index contributed by atoms with van der Waals surface area (Å²) in [6.45, 7) is 1.40. The van der Waals surface area contributed by atoms with Crippen molar-refractivity contribution in [1.29, 1.82) is 0 Å². The summed E-state index contributed by atoms with van der Waals surface area (Å²) in [5.74, 6) is -0.00104. The number of aryl methyl sites for hydroxylation is 1. The maximum absolute atomic E-state index is 13.2. The first-order valence-corrected chi connectivity index (χ1v) is 9.84. The highest BCUT2D eigenvalue weighted by Crippen LogP contribution is 2.33. The third-order valence-corrected chi connectivity index (χ3v) is 5.33. The molecule has 5 rings (SSSR count). The molecule has 5 aromatic rings. The number of carbonyl (C=O) groups is 1. The van der Waals surface area contributed by atoms with Crippen molar-refractivity contribution in [1.82, 2.24) is 0 Å². The van der Waals surface area contributed by atoms with Crippen molar-refractivity contribution in [3.63, 3.8) is 0 Å². The number of para-hydroxylation sites is 1. The Labute approximate surface area is 180 Å². The van der Waals surface area contributed by atoms with Gasteiger partial charge < -0.3 is 18.0 Å². The minimum atomic E-state index is -0.452. The van der Waals surface area contributed by atoms with Gasteiger partial charge in [-0.05, 0) is 48.9 Å². The second kappa shape index (κ2) is 7.49. The number of ketones is 1. The molecular weight excluding hydrogens is 420 g/mol. The van der Waals surface area contributed by atoms with E-state index in [4.69, 9.17) is 29.6 Å². The molecule has 3 heterocycles. The van der Waals surface area contributed by atoms with Crippen molar-refractivity contribution in [2.75, 3.05) is 6.61 Å². The van der Waals surface area contributed by atoms with Crippen LogP contribution >= 0.6 is 11.6 Å². The predicted molar refractivity (Wildman–Crippen MR) is 116 cm³/mol. The molecule has 3 aromatic heterocycles. The largest absolute Gasteiger partial charge is 0.478 e. The quantitative estimate of drug-likeness (QED) is 0.314. The van der Waals surface area contributed by atoms with Crippen LogP contribution in [0.25, 0.3) is 33.5 Å². The van der Waals surface area contributed by atoms with Crippen LogP contribution in [0.5, 0.6) is 5.75 Å². The van der Waals surface area contributed by atoms with Crippen molar-refractivity contribution < 1.29 is 22.8 Å². The fourth-order valence-electron chi connectivity index (χ4n) is 3.33. The Morgan fingerprint density at radius 3 is 2.65 bits per heavy atom. The molecule has 154 valence electrons. The van der Waals surface area contributed by atoms with Gasteiger partial charge in [0.2, 0.25) is 22.7 Å². The summed E-state index contributed by atoms with van der Waals surface area (Å²) in [6.07, 6.45) is 1.45. The predicted octanol–water partition coefficient (Wildman–Crippen LogP) is 6.02. The third kappa shape index (κ3) is 3.41. The molecule has 0 N–H and O–H groups in total. The molecular formula is C24H15ClO6. The molecule has 0 aliphatic heterocycles. The zero-order valence-electron chi connectivity index (χ0n) is 16.3. The van der Waals surface area contributed by atoms with E-state index in [0.29, 0.717) is 21.9 Å². The summed E-state index contributed by atoms with van der Waals surface area (Å²) in [4.78, 5) is 25.8. The van der Waals surface area contributed by atoms with E-state index in [0.717, 1.165) is 10.9 Å². The summed E-state index contributed by atoms with van der Waals surface area (Å²) in [6, 6.07) is 15.4. The molecule has 7 heteroatoms. The lowest BCUT2D eigenvalue weighted by Crippen LogP contribution is -2.16. The number of fused-ring (bicyclic) bond motifs is 2. The van der Waals surface area contributed by atoms with Gasteiger partial charge in [-0.3, -0.25) is 9.59 Å². The Kier molecular flexibility index (Phi) is 4.64. The summed E-state index contributed by atoms with van der Waals surface area (Å²) in [5.41, 5.74) is 1.25. The molecule has 0 fully saturated rings. The van der Waals surface area contributed by atoms with Crippen molar-refractivity contribution in [3.8, 4) is 17.3 Å². The lowest BCUT2D eigenvalue weighted by atomic mass is 10.1. The molecule has 6 nitrogen and oxygen atoms in total. The van der Waals surface area contributed by atoms with Crippen LogP contribution in [0.15, 0.2) is 78.9 Å². The van der Waals surface area contributed by atoms with Crippen LogP contribution in [0.3, 0.4) is 0 Å². The highest BCUT2D eigenvalue weighted by molar-refractivity contribution is 6.32. The van der Waals surface area contributed by atoms with Crippen molar-refractivity contribution in [2.24, 2.45) is 0 Å². The van der Waals surface area contributed by atoms with Gasteiger partial charge in [0.15, 0.2) is 18.1 Å². The number of rotatable bonds is 5. The summed E-state index contributed by atoms with van der Waals surface area (Å²) in [7, 11) is 0. The van der Waals surface area contributed by atoms with E-state index in [9.17, 15) is 9.59 Å². The number of ether oxygens (including phenoxy) is 1. The molecule has 0 aliphatic rings. The number of Topliss-reactive ketones (excluding diaryl/α,β-unsaturated/α-hetero) is 1. The van der Waals surface area contributed by atoms with Crippen LogP contribution in [0.2, 0.25) is 5.02 Å². The van der Waals surface area contributed by atoms with Gasteiger partial charge in [0.25, 0.3) is 0 Å². The lowest BCUT2D eigenvalue weighted by Gasteiger charge is -2.10. The second-order valence-electron chi connectivity index (χ2n) is 7.02. The molecule has 2 aromatic carbocycles. The van der Waals surface area contributed by atoms with Crippen LogP contribution in [-0.2, 0) is 0 Å². The number of hydrogen-bond acceptors (Lipinski definition) is 6. The molecule has 0 bridgehead atoms. The Morgan fingerprint density at radius 1 is 1.03 bits per heavy atom. The molecule has 0 unspecified atom stereocenters. The topological polar surface area (TPSA) is 82.8 Å². The van der Waals surface area contributed by atoms with E-state index in [1.165, 1.54) is 12.3 Å². The molecule has 0 saturated heterocycles. The van der Waals surface area contributed by atoms with Gasteiger partial charge in [0, 0.05) is 10.4 Å². The molecule has 0 amide bonds. The number of halogens is 1. The monoisotopic (exact) mass is 434 g/mol. The van der Waals surface area contributed by atoms with Crippen molar-refractivity contribution in [3.05, 3.63) is 87.4 Å². The van der Waals surface area contributed by atoms with E-state index >= 15 is 0 Å². The van der Waals surface area contributed by atoms with Gasteiger partial charge in [-0.1, -0.05) is 29.8 Å². The Bertz CT molecular complexity index is 1460. The number of hydrogen-bond donors (Lipinski definition) is 0. The molecule has 0 saturated carbocycles. The van der Waals surface area contributed by atoms with E-state index in [1.807, 2.05) is 25.1 Å². The number of furan rings is 2. The minimum absolute atomic E-state index is 0.0987. The average molecular weight is 435 g/mol. The van der Waals surface area contributed by atoms with Crippen LogP contribution in [0, 0.1) is 6.92 Å². The van der Waals surface area contributed by atoms with Gasteiger partial charge >= 0.3 is 0 Å². The van der Waals surface area contributed by atoms with Gasteiger partial charge in [-0.2, -0.15) is 0 Å². The third-order valence-electron chi connectivity index (χ3n) is 4.92. The first-order chi connectivity index (χ1) is 15.0. The number of benzene rings is 2. The summed E-state index contributed by atoms with van der Waals surface area (Å²) in [5, 5.41) is 1.48. The van der Waals surface area contributed by atoms with Gasteiger partial charge in [-0.15, -0.1) is 0 Å². The highest BCUT2D eigenvalue weighted by Gasteiger charge is 2.22. The van der Waals surface area contributed by atoms with E-state index in [2.05, 4.69) is 0 Å². The highest BCUT2D eigenvalue weighted by atomic mass is 35.5. The first-order valence-electron chi connectivity index (χ1n) is 9.46. The number of carbonyl (C=O) groups excluding carboxylic acids is 1. The standard InChI is InChI=1S/C24H15ClO6/c1-13-9-20-15(11-16(13)25)22(27)24(23(31-20)19-7-4-8-28-19)29-12-17(26)21-10-14-5-2-3-6-18(14)30-21/h2-11H,12H2,1H3. The summed E-state index contributed by atoms with van der Waals surface area (Å²) >= 11 is 6.19. The Morgan fingerprint density at radius 2 is 1.87 bits per heavy atom. The molecule has 0 radical (unpaired) electrons. The van der Waals surface area contributed by atoms with Gasteiger partial charge in [0.05, 0.1) is 11.6 Å². The molecule has 0 spiro atoms. The maximum atomic E-state index is 13.2.